The highest BCUT2D eigenvalue weighted by atomic mass is 32.2. The van der Waals surface area contributed by atoms with E-state index in [2.05, 4.69) is 27.6 Å². The molecule has 1 heterocycles. The minimum Gasteiger partial charge on any atom is -0.494 e. The van der Waals surface area contributed by atoms with Crippen molar-refractivity contribution in [3.8, 4) is 11.4 Å². The number of anilines is 1. The van der Waals surface area contributed by atoms with Crippen molar-refractivity contribution in [2.24, 2.45) is 0 Å². The minimum atomic E-state index is -0.0832. The van der Waals surface area contributed by atoms with Crippen molar-refractivity contribution in [2.45, 2.75) is 25.4 Å². The molecule has 6 nitrogen and oxygen atoms in total. The molecular formula is C26H26N4O2S. The lowest BCUT2D eigenvalue weighted by molar-refractivity contribution is -0.113. The number of aromatic nitrogens is 3. The first-order valence-electron chi connectivity index (χ1n) is 10.8. The van der Waals surface area contributed by atoms with E-state index in [9.17, 15) is 4.79 Å². The van der Waals surface area contributed by atoms with Gasteiger partial charge in [0.15, 0.2) is 5.16 Å². The van der Waals surface area contributed by atoms with Crippen LogP contribution in [0.5, 0.6) is 5.75 Å². The van der Waals surface area contributed by atoms with E-state index in [1.807, 2.05) is 85.1 Å². The van der Waals surface area contributed by atoms with Gasteiger partial charge in [-0.2, -0.15) is 0 Å². The monoisotopic (exact) mass is 458 g/mol. The summed E-state index contributed by atoms with van der Waals surface area (Å²) in [5.74, 6) is 1.77. The van der Waals surface area contributed by atoms with Crippen LogP contribution in [-0.2, 0) is 11.2 Å². The number of hydrogen-bond donors (Lipinski definition) is 1. The molecular weight excluding hydrogens is 432 g/mol. The van der Waals surface area contributed by atoms with Gasteiger partial charge in [0.25, 0.3) is 0 Å². The number of hydrogen-bond acceptors (Lipinski definition) is 5. The fraction of sp³-hybridized carbons (Fsp3) is 0.192. The molecule has 3 aromatic carbocycles. The van der Waals surface area contributed by atoms with E-state index in [4.69, 9.17) is 4.74 Å². The summed E-state index contributed by atoms with van der Waals surface area (Å²) in [6.45, 7) is 4.55. The molecule has 33 heavy (non-hydrogen) atoms. The van der Waals surface area contributed by atoms with Gasteiger partial charge in [-0.25, -0.2) is 0 Å². The Bertz CT molecular complexity index is 1210. The van der Waals surface area contributed by atoms with E-state index >= 15 is 0 Å². The van der Waals surface area contributed by atoms with E-state index in [0.717, 1.165) is 34.1 Å². The van der Waals surface area contributed by atoms with Crippen LogP contribution in [0.25, 0.3) is 5.69 Å². The molecule has 0 spiro atoms. The molecule has 7 heteroatoms. The Labute approximate surface area is 198 Å². The normalized spacial score (nSPS) is 10.7. The van der Waals surface area contributed by atoms with Gasteiger partial charge in [-0.05, 0) is 55.3 Å². The Morgan fingerprint density at radius 1 is 0.970 bits per heavy atom. The number of nitrogens with zero attached hydrogens (tertiary/aromatic N) is 3. The quantitative estimate of drug-likeness (QED) is 0.345. The first-order chi connectivity index (χ1) is 16.1. The Morgan fingerprint density at radius 3 is 2.42 bits per heavy atom. The first kappa shape index (κ1) is 22.6. The predicted octanol–water partition coefficient (Wildman–Crippen LogP) is 5.30. The number of benzene rings is 3. The number of carbonyl (C=O) groups is 1. The molecule has 4 rings (SSSR count). The molecule has 0 radical (unpaired) electrons. The Balaban J connectivity index is 1.56. The van der Waals surface area contributed by atoms with Crippen molar-refractivity contribution in [1.29, 1.82) is 0 Å². The molecule has 0 fully saturated rings. The molecule has 4 aromatic rings. The van der Waals surface area contributed by atoms with Gasteiger partial charge in [0.1, 0.15) is 11.6 Å². The van der Waals surface area contributed by atoms with E-state index in [1.165, 1.54) is 11.8 Å². The zero-order valence-corrected chi connectivity index (χ0v) is 19.5. The molecule has 0 saturated carbocycles. The maximum absolute atomic E-state index is 12.6. The number of nitrogens with one attached hydrogen (secondary N) is 1. The maximum atomic E-state index is 12.6. The summed E-state index contributed by atoms with van der Waals surface area (Å²) in [5, 5.41) is 12.5. The average molecular weight is 459 g/mol. The van der Waals surface area contributed by atoms with Crippen LogP contribution in [0.1, 0.15) is 23.9 Å². The first-order valence-corrected chi connectivity index (χ1v) is 11.8. The van der Waals surface area contributed by atoms with Gasteiger partial charge in [0.05, 0.1) is 12.4 Å². The van der Waals surface area contributed by atoms with Crippen molar-refractivity contribution in [3.05, 3.63) is 95.8 Å². The van der Waals surface area contributed by atoms with Crippen LogP contribution in [0.4, 0.5) is 5.69 Å². The molecule has 0 atom stereocenters. The summed E-state index contributed by atoms with van der Waals surface area (Å²) in [4.78, 5) is 12.6. The number of aryl methyl sites for hydroxylation is 1. The fourth-order valence-corrected chi connectivity index (χ4v) is 4.20. The highest BCUT2D eigenvalue weighted by Gasteiger charge is 2.17. The van der Waals surface area contributed by atoms with Gasteiger partial charge in [0.2, 0.25) is 5.91 Å². The maximum Gasteiger partial charge on any atom is 0.234 e. The standard InChI is InChI=1S/C26H26N4O2S/c1-3-32-22-15-13-21(14-16-22)30-24(17-20-10-5-4-6-11-20)28-29-26(30)33-18-25(31)27-23-12-8-7-9-19(23)2/h4-16H,3,17-18H2,1-2H3,(H,27,31). The molecule has 1 N–H and O–H groups in total. The zero-order valence-electron chi connectivity index (χ0n) is 18.7. The van der Waals surface area contributed by atoms with Crippen LogP contribution in [0.2, 0.25) is 0 Å². The summed E-state index contributed by atoms with van der Waals surface area (Å²) in [6.07, 6.45) is 0.636. The Kier molecular flexibility index (Phi) is 7.42. The van der Waals surface area contributed by atoms with E-state index in [1.54, 1.807) is 0 Å². The fourth-order valence-electron chi connectivity index (χ4n) is 3.43. The summed E-state index contributed by atoms with van der Waals surface area (Å²) in [5.41, 5.74) is 3.92. The van der Waals surface area contributed by atoms with Crippen LogP contribution >= 0.6 is 11.8 Å². The highest BCUT2D eigenvalue weighted by Crippen LogP contribution is 2.25. The van der Waals surface area contributed by atoms with E-state index in [0.29, 0.717) is 18.2 Å². The van der Waals surface area contributed by atoms with Gasteiger partial charge in [-0.1, -0.05) is 60.3 Å². The van der Waals surface area contributed by atoms with Gasteiger partial charge in [-0.15, -0.1) is 10.2 Å². The van der Waals surface area contributed by atoms with Crippen LogP contribution in [0.15, 0.2) is 84.0 Å². The summed E-state index contributed by atoms with van der Waals surface area (Å²) < 4.78 is 7.59. The van der Waals surface area contributed by atoms with Crippen molar-refractivity contribution in [2.75, 3.05) is 17.7 Å². The second-order valence-corrected chi connectivity index (χ2v) is 8.42. The van der Waals surface area contributed by atoms with Crippen molar-refractivity contribution >= 4 is 23.4 Å². The minimum absolute atomic E-state index is 0.0832. The lowest BCUT2D eigenvalue weighted by Crippen LogP contribution is -2.15. The van der Waals surface area contributed by atoms with Gasteiger partial charge in [0, 0.05) is 17.8 Å². The number of carbonyl (C=O) groups excluding carboxylic acids is 1. The smallest absolute Gasteiger partial charge is 0.234 e. The predicted molar refractivity (Wildman–Crippen MR) is 132 cm³/mol. The number of thioether (sulfide) groups is 1. The zero-order chi connectivity index (χ0) is 23.0. The van der Waals surface area contributed by atoms with Crippen molar-refractivity contribution < 1.29 is 9.53 Å². The molecule has 0 unspecified atom stereocenters. The third-order valence-electron chi connectivity index (χ3n) is 5.06. The van der Waals surface area contributed by atoms with Crippen LogP contribution in [0, 0.1) is 6.92 Å². The second-order valence-electron chi connectivity index (χ2n) is 7.48. The summed E-state index contributed by atoms with van der Waals surface area (Å²) in [7, 11) is 0. The molecule has 1 aromatic heterocycles. The SMILES string of the molecule is CCOc1ccc(-n2c(Cc3ccccc3)nnc2SCC(=O)Nc2ccccc2C)cc1. The third kappa shape index (κ3) is 5.81. The molecule has 1 amide bonds. The average Bonchev–Trinajstić information content (AvgIpc) is 3.23. The van der Waals surface area contributed by atoms with Crippen molar-refractivity contribution in [3.63, 3.8) is 0 Å². The number of ether oxygens (including phenoxy) is 1. The summed E-state index contributed by atoms with van der Waals surface area (Å²) in [6, 6.07) is 25.7. The van der Waals surface area contributed by atoms with Gasteiger partial charge >= 0.3 is 0 Å². The van der Waals surface area contributed by atoms with Crippen LogP contribution in [0.3, 0.4) is 0 Å². The Morgan fingerprint density at radius 2 is 1.70 bits per heavy atom. The molecule has 0 bridgehead atoms. The number of rotatable bonds is 9. The Hall–Kier alpha value is -3.58. The number of amides is 1. The second kappa shape index (κ2) is 10.8. The molecule has 0 aliphatic carbocycles. The largest absolute Gasteiger partial charge is 0.494 e. The summed E-state index contributed by atoms with van der Waals surface area (Å²) >= 11 is 1.37. The molecule has 0 aliphatic heterocycles. The topological polar surface area (TPSA) is 69.0 Å². The van der Waals surface area contributed by atoms with E-state index in [-0.39, 0.29) is 11.7 Å². The van der Waals surface area contributed by atoms with Crippen LogP contribution < -0.4 is 10.1 Å². The third-order valence-corrected chi connectivity index (χ3v) is 5.99. The van der Waals surface area contributed by atoms with Gasteiger partial charge < -0.3 is 10.1 Å². The van der Waals surface area contributed by atoms with E-state index < -0.39 is 0 Å². The van der Waals surface area contributed by atoms with Gasteiger partial charge in [-0.3, -0.25) is 9.36 Å². The highest BCUT2D eigenvalue weighted by molar-refractivity contribution is 7.99. The lowest BCUT2D eigenvalue weighted by Gasteiger charge is -2.12. The van der Waals surface area contributed by atoms with Crippen molar-refractivity contribution in [1.82, 2.24) is 14.8 Å². The molecule has 0 aliphatic rings. The van der Waals surface area contributed by atoms with Crippen LogP contribution in [-0.4, -0.2) is 33.0 Å². The molecule has 168 valence electrons. The lowest BCUT2D eigenvalue weighted by atomic mass is 10.1. The molecule has 0 saturated heterocycles. The number of para-hydroxylation sites is 1.